The topological polar surface area (TPSA) is 41.6 Å². The number of nitrogens with zero attached hydrogens (tertiary/aromatic N) is 3. The van der Waals surface area contributed by atoms with Crippen LogP contribution in [-0.4, -0.2) is 15.7 Å². The first-order chi connectivity index (χ1) is 9.48. The Morgan fingerprint density at radius 2 is 2.15 bits per heavy atom. The molecule has 0 radical (unpaired) electrons. The molecule has 104 valence electrons. The van der Waals surface area contributed by atoms with E-state index in [1.807, 2.05) is 12.1 Å². The van der Waals surface area contributed by atoms with E-state index in [2.05, 4.69) is 4.98 Å². The molecule has 1 aromatic heterocycles. The predicted molar refractivity (Wildman–Crippen MR) is 69.0 cm³/mol. The fraction of sp³-hybridized carbons (Fsp3) is 0.231. The standard InChI is InChI=1S/C13H10F3N3S/c14-13(15,16)9-19-5-4-18-12(19)8-20-11-3-1-2-10(6-11)7-17/h1-6H,8-9H2. The summed E-state index contributed by atoms with van der Waals surface area (Å²) in [6.45, 7) is -1.04. The van der Waals surface area contributed by atoms with Crippen molar-refractivity contribution < 1.29 is 13.2 Å². The van der Waals surface area contributed by atoms with Crippen LogP contribution in [-0.2, 0) is 12.3 Å². The monoisotopic (exact) mass is 297 g/mol. The van der Waals surface area contributed by atoms with Gasteiger partial charge in [0.1, 0.15) is 12.4 Å². The molecule has 1 aromatic carbocycles. The Bertz CT molecular complexity index is 628. The Labute approximate surface area is 118 Å². The van der Waals surface area contributed by atoms with Gasteiger partial charge >= 0.3 is 6.18 Å². The van der Waals surface area contributed by atoms with E-state index in [1.54, 1.807) is 18.2 Å². The van der Waals surface area contributed by atoms with Gasteiger partial charge in [-0.1, -0.05) is 6.07 Å². The van der Waals surface area contributed by atoms with E-state index in [-0.39, 0.29) is 0 Å². The second kappa shape index (κ2) is 6.01. The van der Waals surface area contributed by atoms with Gasteiger partial charge in [0.2, 0.25) is 0 Å². The number of thioether (sulfide) groups is 1. The van der Waals surface area contributed by atoms with Crippen LogP contribution < -0.4 is 0 Å². The average molecular weight is 297 g/mol. The minimum atomic E-state index is -4.26. The highest BCUT2D eigenvalue weighted by Gasteiger charge is 2.28. The van der Waals surface area contributed by atoms with Crippen molar-refractivity contribution in [2.75, 3.05) is 0 Å². The molecule has 2 aromatic rings. The maximum atomic E-state index is 12.4. The summed E-state index contributed by atoms with van der Waals surface area (Å²) in [5, 5.41) is 8.79. The zero-order chi connectivity index (χ0) is 14.6. The summed E-state index contributed by atoms with van der Waals surface area (Å²) >= 11 is 1.35. The highest BCUT2D eigenvalue weighted by Crippen LogP contribution is 2.24. The van der Waals surface area contributed by atoms with E-state index in [4.69, 9.17) is 5.26 Å². The van der Waals surface area contributed by atoms with Crippen molar-refractivity contribution in [1.29, 1.82) is 5.26 Å². The maximum absolute atomic E-state index is 12.4. The van der Waals surface area contributed by atoms with E-state index < -0.39 is 12.7 Å². The molecule has 0 atom stereocenters. The predicted octanol–water partition coefficient (Wildman–Crippen LogP) is 3.61. The molecular weight excluding hydrogens is 287 g/mol. The van der Waals surface area contributed by atoms with Crippen LogP contribution in [0.2, 0.25) is 0 Å². The van der Waals surface area contributed by atoms with E-state index in [0.717, 1.165) is 9.46 Å². The number of hydrogen-bond acceptors (Lipinski definition) is 3. The van der Waals surface area contributed by atoms with Gasteiger partial charge in [-0.15, -0.1) is 11.8 Å². The SMILES string of the molecule is N#Cc1cccc(SCc2nccn2CC(F)(F)F)c1. The molecule has 2 rings (SSSR count). The van der Waals surface area contributed by atoms with Crippen molar-refractivity contribution in [3.8, 4) is 6.07 Å². The highest BCUT2D eigenvalue weighted by atomic mass is 32.2. The number of nitriles is 1. The first kappa shape index (κ1) is 14.5. The lowest BCUT2D eigenvalue weighted by molar-refractivity contribution is -0.140. The number of hydrogen-bond donors (Lipinski definition) is 0. The van der Waals surface area contributed by atoms with Gasteiger partial charge in [-0.25, -0.2) is 4.98 Å². The number of aromatic nitrogens is 2. The lowest BCUT2D eigenvalue weighted by atomic mass is 10.2. The van der Waals surface area contributed by atoms with Crippen LogP contribution in [0, 0.1) is 11.3 Å². The lowest BCUT2D eigenvalue weighted by Crippen LogP contribution is -2.18. The van der Waals surface area contributed by atoms with Gasteiger partial charge in [-0.05, 0) is 18.2 Å². The molecule has 0 N–H and O–H groups in total. The first-order valence-electron chi connectivity index (χ1n) is 5.67. The molecule has 0 unspecified atom stereocenters. The normalized spacial score (nSPS) is 11.3. The zero-order valence-electron chi connectivity index (χ0n) is 10.3. The third-order valence-electron chi connectivity index (χ3n) is 2.48. The van der Waals surface area contributed by atoms with Gasteiger partial charge in [0.15, 0.2) is 0 Å². The van der Waals surface area contributed by atoms with Gasteiger partial charge in [-0.2, -0.15) is 18.4 Å². The maximum Gasteiger partial charge on any atom is 0.406 e. The van der Waals surface area contributed by atoms with Crippen molar-refractivity contribution in [2.45, 2.75) is 23.4 Å². The smallest absolute Gasteiger partial charge is 0.325 e. The van der Waals surface area contributed by atoms with E-state index in [1.165, 1.54) is 24.2 Å². The van der Waals surface area contributed by atoms with Crippen LogP contribution in [0.4, 0.5) is 13.2 Å². The Balaban J connectivity index is 2.04. The summed E-state index contributed by atoms with van der Waals surface area (Å²) in [5.74, 6) is 0.674. The fourth-order valence-electron chi connectivity index (χ4n) is 1.62. The van der Waals surface area contributed by atoms with Crippen molar-refractivity contribution in [3.05, 3.63) is 48.0 Å². The highest BCUT2D eigenvalue weighted by molar-refractivity contribution is 7.98. The quantitative estimate of drug-likeness (QED) is 0.810. The van der Waals surface area contributed by atoms with E-state index in [9.17, 15) is 13.2 Å². The summed E-state index contributed by atoms with van der Waals surface area (Å²) in [4.78, 5) is 4.76. The molecule has 0 bridgehead atoms. The summed E-state index contributed by atoms with van der Waals surface area (Å²) in [5.41, 5.74) is 0.522. The summed E-state index contributed by atoms with van der Waals surface area (Å²) in [6, 6.07) is 8.94. The Morgan fingerprint density at radius 1 is 1.35 bits per heavy atom. The second-order valence-corrected chi connectivity index (χ2v) is 5.06. The molecule has 0 saturated heterocycles. The van der Waals surface area contributed by atoms with Crippen LogP contribution >= 0.6 is 11.8 Å². The fourth-order valence-corrected chi connectivity index (χ4v) is 2.54. The zero-order valence-corrected chi connectivity index (χ0v) is 11.1. The second-order valence-electron chi connectivity index (χ2n) is 4.01. The number of imidazole rings is 1. The average Bonchev–Trinajstić information content (AvgIpc) is 2.81. The van der Waals surface area contributed by atoms with Crippen LogP contribution in [0.15, 0.2) is 41.6 Å². The lowest BCUT2D eigenvalue weighted by Gasteiger charge is -2.10. The molecule has 1 heterocycles. The van der Waals surface area contributed by atoms with Crippen molar-refractivity contribution >= 4 is 11.8 Å². The van der Waals surface area contributed by atoms with Gasteiger partial charge in [0, 0.05) is 17.3 Å². The minimum Gasteiger partial charge on any atom is -0.325 e. The molecule has 0 spiro atoms. The molecule has 0 aliphatic heterocycles. The molecule has 20 heavy (non-hydrogen) atoms. The van der Waals surface area contributed by atoms with Crippen LogP contribution in [0.5, 0.6) is 0 Å². The summed E-state index contributed by atoms with van der Waals surface area (Å²) in [6.07, 6.45) is -1.59. The van der Waals surface area contributed by atoms with Crippen molar-refractivity contribution in [2.24, 2.45) is 0 Å². The number of halogens is 3. The van der Waals surface area contributed by atoms with Gasteiger partial charge < -0.3 is 4.57 Å². The van der Waals surface area contributed by atoms with Crippen LogP contribution in [0.1, 0.15) is 11.4 Å². The molecule has 0 aliphatic rings. The van der Waals surface area contributed by atoms with Crippen molar-refractivity contribution in [1.82, 2.24) is 9.55 Å². The third-order valence-corrected chi connectivity index (χ3v) is 3.47. The van der Waals surface area contributed by atoms with Crippen molar-refractivity contribution in [3.63, 3.8) is 0 Å². The van der Waals surface area contributed by atoms with E-state index >= 15 is 0 Å². The van der Waals surface area contributed by atoms with Gasteiger partial charge in [-0.3, -0.25) is 0 Å². The van der Waals surface area contributed by atoms with Gasteiger partial charge in [0.25, 0.3) is 0 Å². The third kappa shape index (κ3) is 4.03. The molecule has 3 nitrogen and oxygen atoms in total. The Kier molecular flexibility index (Phi) is 4.35. The molecule has 0 amide bonds. The van der Waals surface area contributed by atoms with Gasteiger partial charge in [0.05, 0.1) is 17.4 Å². The molecular formula is C13H10F3N3S. The molecule has 0 aliphatic carbocycles. The molecule has 0 saturated carbocycles. The Hall–Kier alpha value is -1.94. The minimum absolute atomic E-state index is 0.317. The summed E-state index contributed by atoms with van der Waals surface area (Å²) in [7, 11) is 0. The van der Waals surface area contributed by atoms with Crippen LogP contribution in [0.25, 0.3) is 0 Å². The number of alkyl halides is 3. The Morgan fingerprint density at radius 3 is 2.85 bits per heavy atom. The first-order valence-corrected chi connectivity index (χ1v) is 6.66. The molecule has 0 fully saturated rings. The summed E-state index contributed by atoms with van der Waals surface area (Å²) < 4.78 is 38.2. The van der Waals surface area contributed by atoms with Crippen LogP contribution in [0.3, 0.4) is 0 Å². The largest absolute Gasteiger partial charge is 0.406 e. The van der Waals surface area contributed by atoms with E-state index in [0.29, 0.717) is 17.1 Å². The number of rotatable bonds is 4. The number of benzene rings is 1. The molecule has 7 heteroatoms.